The first-order chi connectivity index (χ1) is 9.19. The molecule has 4 heteroatoms. The first-order valence-corrected chi connectivity index (χ1v) is 6.96. The monoisotopic (exact) mass is 279 g/mol. The lowest BCUT2D eigenvalue weighted by molar-refractivity contribution is 0.288. The molecule has 0 atom stereocenters. The normalized spacial score (nSPS) is 10.7. The Balaban J connectivity index is 2.62. The van der Waals surface area contributed by atoms with Crippen LogP contribution >= 0.6 is 11.6 Å². The summed E-state index contributed by atoms with van der Waals surface area (Å²) in [4.78, 5) is 4.58. The van der Waals surface area contributed by atoms with Crippen molar-refractivity contribution in [1.29, 1.82) is 0 Å². The fraction of sp³-hybridized carbons (Fsp3) is 0.400. The molecule has 2 aromatic rings. The van der Waals surface area contributed by atoms with Gasteiger partial charge in [-0.05, 0) is 32.4 Å². The minimum atomic E-state index is 0.587. The number of ether oxygens (including phenoxy) is 2. The van der Waals surface area contributed by atoms with E-state index in [1.807, 2.05) is 32.0 Å². The summed E-state index contributed by atoms with van der Waals surface area (Å²) in [7, 11) is 0. The zero-order chi connectivity index (χ0) is 13.8. The summed E-state index contributed by atoms with van der Waals surface area (Å²) in [5.74, 6) is 1.43. The molecule has 0 saturated carbocycles. The van der Waals surface area contributed by atoms with Crippen molar-refractivity contribution in [1.82, 2.24) is 4.98 Å². The number of nitrogens with zero attached hydrogens (tertiary/aromatic N) is 1. The Morgan fingerprint density at radius 1 is 1.00 bits per heavy atom. The van der Waals surface area contributed by atoms with Crippen LogP contribution in [0.4, 0.5) is 0 Å². The molecule has 1 aromatic carbocycles. The Bertz CT molecular complexity index is 584. The lowest BCUT2D eigenvalue weighted by Crippen LogP contribution is -1.99. The summed E-state index contributed by atoms with van der Waals surface area (Å²) in [6.45, 7) is 7.13. The van der Waals surface area contributed by atoms with Crippen molar-refractivity contribution in [3.63, 3.8) is 0 Å². The van der Waals surface area contributed by atoms with Gasteiger partial charge in [0.25, 0.3) is 0 Å². The van der Waals surface area contributed by atoms with Crippen molar-refractivity contribution in [2.45, 2.75) is 27.2 Å². The minimum Gasteiger partial charge on any atom is -0.490 e. The van der Waals surface area contributed by atoms with Gasteiger partial charge in [0, 0.05) is 17.1 Å². The number of hydrogen-bond donors (Lipinski definition) is 0. The molecular weight excluding hydrogens is 262 g/mol. The Kier molecular flexibility index (Phi) is 4.48. The summed E-state index contributed by atoms with van der Waals surface area (Å²) in [5.41, 5.74) is 1.82. The van der Waals surface area contributed by atoms with E-state index >= 15 is 0 Å². The molecular formula is C15H18ClNO2. The number of benzene rings is 1. The second kappa shape index (κ2) is 6.11. The third kappa shape index (κ3) is 2.92. The van der Waals surface area contributed by atoms with Crippen molar-refractivity contribution in [2.24, 2.45) is 0 Å². The molecule has 0 saturated heterocycles. The second-order valence-electron chi connectivity index (χ2n) is 4.13. The average Bonchev–Trinajstić information content (AvgIpc) is 2.40. The lowest BCUT2D eigenvalue weighted by atomic mass is 10.1. The van der Waals surface area contributed by atoms with Gasteiger partial charge in [-0.1, -0.05) is 18.5 Å². The summed E-state index contributed by atoms with van der Waals surface area (Å²) in [6.07, 6.45) is 0.854. The van der Waals surface area contributed by atoms with Crippen LogP contribution in [0.25, 0.3) is 10.9 Å². The Morgan fingerprint density at radius 3 is 2.21 bits per heavy atom. The van der Waals surface area contributed by atoms with Crippen LogP contribution in [0.2, 0.25) is 5.02 Å². The number of rotatable bonds is 5. The molecule has 1 aromatic heterocycles. The Labute approximate surface area is 118 Å². The smallest absolute Gasteiger partial charge is 0.163 e. The Hall–Kier alpha value is -1.48. The van der Waals surface area contributed by atoms with E-state index in [2.05, 4.69) is 11.9 Å². The van der Waals surface area contributed by atoms with Crippen molar-refractivity contribution in [2.75, 3.05) is 13.2 Å². The predicted octanol–water partition coefficient (Wildman–Crippen LogP) is 4.25. The summed E-state index contributed by atoms with van der Waals surface area (Å²) in [6, 6.07) is 5.70. The van der Waals surface area contributed by atoms with Crippen molar-refractivity contribution in [3.8, 4) is 11.5 Å². The maximum Gasteiger partial charge on any atom is 0.163 e. The summed E-state index contributed by atoms with van der Waals surface area (Å²) in [5, 5.41) is 1.59. The van der Waals surface area contributed by atoms with Crippen LogP contribution < -0.4 is 9.47 Å². The molecule has 0 unspecified atom stereocenters. The van der Waals surface area contributed by atoms with E-state index in [9.17, 15) is 0 Å². The van der Waals surface area contributed by atoms with Crippen LogP contribution in [0.1, 0.15) is 26.5 Å². The molecule has 0 bridgehead atoms. The number of pyridine rings is 1. The molecule has 0 aliphatic carbocycles. The fourth-order valence-corrected chi connectivity index (χ4v) is 2.24. The van der Waals surface area contributed by atoms with Gasteiger partial charge < -0.3 is 9.47 Å². The quantitative estimate of drug-likeness (QED) is 0.820. The minimum absolute atomic E-state index is 0.587. The highest BCUT2D eigenvalue weighted by Crippen LogP contribution is 2.35. The molecule has 0 amide bonds. The van der Waals surface area contributed by atoms with E-state index in [1.54, 1.807) is 0 Å². The van der Waals surface area contributed by atoms with Crippen molar-refractivity contribution < 1.29 is 9.47 Å². The van der Waals surface area contributed by atoms with Gasteiger partial charge in [0.1, 0.15) is 0 Å². The third-order valence-corrected chi connectivity index (χ3v) is 3.15. The predicted molar refractivity (Wildman–Crippen MR) is 78.5 cm³/mol. The van der Waals surface area contributed by atoms with E-state index in [-0.39, 0.29) is 0 Å². The fourth-order valence-electron chi connectivity index (χ4n) is 1.96. The molecule has 1 heterocycles. The van der Waals surface area contributed by atoms with Gasteiger partial charge in [0.05, 0.1) is 23.8 Å². The lowest BCUT2D eigenvalue weighted by Gasteiger charge is -2.13. The van der Waals surface area contributed by atoms with Gasteiger partial charge in [-0.15, -0.1) is 0 Å². The van der Waals surface area contributed by atoms with Crippen molar-refractivity contribution >= 4 is 22.5 Å². The van der Waals surface area contributed by atoms with Gasteiger partial charge in [0.2, 0.25) is 0 Å². The maximum absolute atomic E-state index is 6.31. The number of halogens is 1. The first-order valence-electron chi connectivity index (χ1n) is 6.58. The van der Waals surface area contributed by atoms with Crippen LogP contribution in [0.3, 0.4) is 0 Å². The number of hydrogen-bond acceptors (Lipinski definition) is 3. The zero-order valence-corrected chi connectivity index (χ0v) is 12.3. The number of aromatic nitrogens is 1. The highest BCUT2D eigenvalue weighted by Gasteiger charge is 2.11. The molecule has 102 valence electrons. The van der Waals surface area contributed by atoms with Crippen molar-refractivity contribution in [3.05, 3.63) is 28.9 Å². The molecule has 3 nitrogen and oxygen atoms in total. The van der Waals surface area contributed by atoms with E-state index < -0.39 is 0 Å². The van der Waals surface area contributed by atoms with E-state index in [0.29, 0.717) is 29.7 Å². The van der Waals surface area contributed by atoms with Crippen LogP contribution in [-0.4, -0.2) is 18.2 Å². The molecule has 0 fully saturated rings. The van der Waals surface area contributed by atoms with Crippen LogP contribution in [-0.2, 0) is 6.42 Å². The highest BCUT2D eigenvalue weighted by atomic mass is 35.5. The highest BCUT2D eigenvalue weighted by molar-refractivity contribution is 6.35. The molecule has 0 aliphatic heterocycles. The SMILES string of the molecule is CCOc1cc2nc(CC)cc(Cl)c2cc1OCC. The molecule has 0 aliphatic rings. The maximum atomic E-state index is 6.31. The molecule has 0 spiro atoms. The first kappa shape index (κ1) is 13.9. The molecule has 0 N–H and O–H groups in total. The van der Waals surface area contributed by atoms with E-state index in [4.69, 9.17) is 21.1 Å². The summed E-state index contributed by atoms with van der Waals surface area (Å²) < 4.78 is 11.2. The topological polar surface area (TPSA) is 31.4 Å². The average molecular weight is 280 g/mol. The molecule has 2 rings (SSSR count). The van der Waals surface area contributed by atoms with E-state index in [1.165, 1.54) is 0 Å². The van der Waals surface area contributed by atoms with E-state index in [0.717, 1.165) is 23.0 Å². The third-order valence-electron chi connectivity index (χ3n) is 2.84. The van der Waals surface area contributed by atoms with Crippen LogP contribution in [0.5, 0.6) is 11.5 Å². The van der Waals surface area contributed by atoms with Crippen LogP contribution in [0.15, 0.2) is 18.2 Å². The van der Waals surface area contributed by atoms with Gasteiger partial charge >= 0.3 is 0 Å². The number of aryl methyl sites for hydroxylation is 1. The zero-order valence-electron chi connectivity index (χ0n) is 11.5. The van der Waals surface area contributed by atoms with Gasteiger partial charge in [-0.25, -0.2) is 0 Å². The number of fused-ring (bicyclic) bond motifs is 1. The summed E-state index contributed by atoms with van der Waals surface area (Å²) >= 11 is 6.31. The Morgan fingerprint density at radius 2 is 1.63 bits per heavy atom. The van der Waals surface area contributed by atoms with Gasteiger partial charge in [-0.3, -0.25) is 4.98 Å². The second-order valence-corrected chi connectivity index (χ2v) is 4.54. The standard InChI is InChI=1S/C15H18ClNO2/c1-4-10-7-12(16)11-8-14(18-5-2)15(19-6-3)9-13(11)17-10/h7-9H,4-6H2,1-3H3. The largest absolute Gasteiger partial charge is 0.490 e. The van der Waals surface area contributed by atoms with Crippen LogP contribution in [0, 0.1) is 0 Å². The van der Waals surface area contributed by atoms with Gasteiger partial charge in [0.15, 0.2) is 11.5 Å². The van der Waals surface area contributed by atoms with Gasteiger partial charge in [-0.2, -0.15) is 0 Å². The molecule has 19 heavy (non-hydrogen) atoms. The molecule has 0 radical (unpaired) electrons.